The van der Waals surface area contributed by atoms with E-state index in [-0.39, 0.29) is 5.69 Å². The Morgan fingerprint density at radius 1 is 1.03 bits per heavy atom. The number of pyridine rings is 1. The third kappa shape index (κ3) is 3.21. The van der Waals surface area contributed by atoms with Crippen LogP contribution in [0.5, 0.6) is 0 Å². The van der Waals surface area contributed by atoms with Gasteiger partial charge in [-0.15, -0.1) is 0 Å². The molecule has 2 aromatic heterocycles. The molecule has 4 rings (SSSR count). The first-order valence-corrected chi connectivity index (χ1v) is 10.9. The number of benzene rings is 2. The molecule has 9 heteroatoms. The Morgan fingerprint density at radius 3 is 2.38 bits per heavy atom. The molecule has 29 heavy (non-hydrogen) atoms. The Labute approximate surface area is 176 Å². The lowest BCUT2D eigenvalue weighted by molar-refractivity contribution is 0.102. The number of rotatable bonds is 4. The molecule has 2 heterocycles. The van der Waals surface area contributed by atoms with Crippen molar-refractivity contribution in [2.24, 2.45) is 0 Å². The maximum absolute atomic E-state index is 13.0. The predicted octanol–water partition coefficient (Wildman–Crippen LogP) is 3.86. The first-order chi connectivity index (χ1) is 13.8. The average molecular weight is 473 g/mol. The van der Waals surface area contributed by atoms with Crippen LogP contribution < -0.4 is 5.32 Å². The van der Waals surface area contributed by atoms with E-state index in [1.807, 2.05) is 30.3 Å². The molecule has 0 aliphatic rings. The van der Waals surface area contributed by atoms with Gasteiger partial charge in [0.25, 0.3) is 5.91 Å². The number of para-hydroxylation sites is 2. The normalized spacial score (nSPS) is 12.0. The Hall–Kier alpha value is -2.75. The SMILES string of the molecule is CN(C)S(=O)(=O)n1c2ccccc2c2c(Br)c(C(=O)Nc3ccccc3)ncc21. The number of carbonyl (C=O) groups excluding carboxylic acids is 1. The molecular weight excluding hydrogens is 456 g/mol. The van der Waals surface area contributed by atoms with E-state index in [4.69, 9.17) is 0 Å². The molecule has 0 aliphatic heterocycles. The van der Waals surface area contributed by atoms with Crippen molar-refractivity contribution in [3.8, 4) is 0 Å². The van der Waals surface area contributed by atoms with E-state index >= 15 is 0 Å². The van der Waals surface area contributed by atoms with E-state index in [1.54, 1.807) is 24.3 Å². The molecule has 2 aromatic carbocycles. The zero-order valence-electron chi connectivity index (χ0n) is 15.6. The molecule has 0 saturated carbocycles. The van der Waals surface area contributed by atoms with Crippen molar-refractivity contribution in [3.63, 3.8) is 0 Å². The van der Waals surface area contributed by atoms with E-state index in [9.17, 15) is 13.2 Å². The minimum absolute atomic E-state index is 0.173. The summed E-state index contributed by atoms with van der Waals surface area (Å²) < 4.78 is 28.7. The van der Waals surface area contributed by atoms with Crippen molar-refractivity contribution >= 4 is 59.5 Å². The van der Waals surface area contributed by atoms with Crippen LogP contribution in [0.4, 0.5) is 5.69 Å². The van der Waals surface area contributed by atoms with E-state index in [2.05, 4.69) is 26.2 Å². The van der Waals surface area contributed by atoms with Gasteiger partial charge in [-0.3, -0.25) is 4.79 Å². The van der Waals surface area contributed by atoms with Crippen molar-refractivity contribution < 1.29 is 13.2 Å². The standard InChI is InChI=1S/C20H17BrN4O3S/c1-24(2)29(27,28)25-15-11-7-6-10-14(15)17-16(25)12-22-19(18(17)21)20(26)23-13-8-4-3-5-9-13/h3-12H,1-2H3,(H,23,26). The van der Waals surface area contributed by atoms with Gasteiger partial charge in [0.15, 0.2) is 0 Å². The van der Waals surface area contributed by atoms with E-state index in [1.165, 1.54) is 24.3 Å². The largest absolute Gasteiger partial charge is 0.321 e. The second kappa shape index (κ2) is 7.25. The zero-order valence-corrected chi connectivity index (χ0v) is 18.0. The van der Waals surface area contributed by atoms with Crippen LogP contribution in [0.2, 0.25) is 0 Å². The highest BCUT2D eigenvalue weighted by Gasteiger charge is 2.26. The number of halogens is 1. The molecular formula is C20H17BrN4O3S. The third-order valence-corrected chi connectivity index (χ3v) is 7.10. The van der Waals surface area contributed by atoms with Crippen LogP contribution in [-0.4, -0.2) is 41.7 Å². The molecule has 0 unspecified atom stereocenters. The fraction of sp³-hybridized carbons (Fsp3) is 0.100. The molecule has 0 radical (unpaired) electrons. The smallest absolute Gasteiger partial charge is 0.308 e. The molecule has 7 nitrogen and oxygen atoms in total. The van der Waals surface area contributed by atoms with Crippen LogP contribution in [0.15, 0.2) is 65.3 Å². The lowest BCUT2D eigenvalue weighted by atomic mass is 10.1. The number of fused-ring (bicyclic) bond motifs is 3. The van der Waals surface area contributed by atoms with Gasteiger partial charge >= 0.3 is 10.2 Å². The monoisotopic (exact) mass is 472 g/mol. The summed E-state index contributed by atoms with van der Waals surface area (Å²) in [5, 5.41) is 4.12. The first-order valence-electron chi connectivity index (χ1n) is 8.69. The van der Waals surface area contributed by atoms with Crippen LogP contribution in [0.3, 0.4) is 0 Å². The van der Waals surface area contributed by atoms with Crippen LogP contribution in [0.1, 0.15) is 10.5 Å². The summed E-state index contributed by atoms with van der Waals surface area (Å²) >= 11 is 3.49. The molecule has 148 valence electrons. The molecule has 1 N–H and O–H groups in total. The summed E-state index contributed by atoms with van der Waals surface area (Å²) in [5.41, 5.74) is 1.72. The minimum atomic E-state index is -3.80. The summed E-state index contributed by atoms with van der Waals surface area (Å²) in [7, 11) is -0.852. The lowest BCUT2D eigenvalue weighted by Crippen LogP contribution is -2.28. The molecule has 0 aliphatic carbocycles. The second-order valence-electron chi connectivity index (χ2n) is 6.57. The van der Waals surface area contributed by atoms with Crippen molar-refractivity contribution in [3.05, 3.63) is 71.0 Å². The molecule has 1 amide bonds. The van der Waals surface area contributed by atoms with Gasteiger partial charge in [-0.05, 0) is 34.1 Å². The van der Waals surface area contributed by atoms with Gasteiger partial charge in [-0.2, -0.15) is 12.7 Å². The fourth-order valence-electron chi connectivity index (χ4n) is 3.16. The lowest BCUT2D eigenvalue weighted by Gasteiger charge is -2.14. The maximum Gasteiger partial charge on any atom is 0.308 e. The molecule has 0 bridgehead atoms. The van der Waals surface area contributed by atoms with Crippen molar-refractivity contribution in [2.45, 2.75) is 0 Å². The second-order valence-corrected chi connectivity index (χ2v) is 9.36. The summed E-state index contributed by atoms with van der Waals surface area (Å²) in [6, 6.07) is 16.2. The molecule has 0 fully saturated rings. The summed E-state index contributed by atoms with van der Waals surface area (Å²) in [5.74, 6) is -0.391. The summed E-state index contributed by atoms with van der Waals surface area (Å²) in [6.45, 7) is 0. The average Bonchev–Trinajstić information content (AvgIpc) is 3.04. The van der Waals surface area contributed by atoms with Crippen LogP contribution in [0.25, 0.3) is 21.8 Å². The summed E-state index contributed by atoms with van der Waals surface area (Å²) in [6.07, 6.45) is 1.42. The van der Waals surface area contributed by atoms with Crippen LogP contribution in [0, 0.1) is 0 Å². The quantitative estimate of drug-likeness (QED) is 0.488. The Kier molecular flexibility index (Phi) is 4.89. The van der Waals surface area contributed by atoms with Gasteiger partial charge in [0.2, 0.25) is 0 Å². The number of aromatic nitrogens is 2. The first kappa shape index (κ1) is 19.6. The maximum atomic E-state index is 13.0. The van der Waals surface area contributed by atoms with Gasteiger partial charge < -0.3 is 5.32 Å². The predicted molar refractivity (Wildman–Crippen MR) is 117 cm³/mol. The highest BCUT2D eigenvalue weighted by molar-refractivity contribution is 9.10. The zero-order chi connectivity index (χ0) is 20.8. The topological polar surface area (TPSA) is 84.3 Å². The number of nitrogens with zero attached hydrogens (tertiary/aromatic N) is 3. The molecule has 0 saturated heterocycles. The van der Waals surface area contributed by atoms with Gasteiger partial charge in [-0.1, -0.05) is 36.4 Å². The highest BCUT2D eigenvalue weighted by atomic mass is 79.9. The molecule has 0 atom stereocenters. The van der Waals surface area contributed by atoms with Crippen LogP contribution >= 0.6 is 15.9 Å². The molecule has 4 aromatic rings. The minimum Gasteiger partial charge on any atom is -0.321 e. The number of amides is 1. The van der Waals surface area contributed by atoms with E-state index < -0.39 is 16.1 Å². The number of anilines is 1. The van der Waals surface area contributed by atoms with Crippen LogP contribution in [-0.2, 0) is 10.2 Å². The fourth-order valence-corrected chi connectivity index (χ4v) is 4.98. The number of hydrogen-bond donors (Lipinski definition) is 1. The van der Waals surface area contributed by atoms with E-state index in [0.717, 1.165) is 4.31 Å². The Bertz CT molecular complexity index is 1350. The Balaban J connectivity index is 1.96. The number of hydrogen-bond acceptors (Lipinski definition) is 4. The Morgan fingerprint density at radius 2 is 1.69 bits per heavy atom. The van der Waals surface area contributed by atoms with Crippen molar-refractivity contribution in [1.82, 2.24) is 13.3 Å². The number of nitrogens with one attached hydrogen (secondary N) is 1. The van der Waals surface area contributed by atoms with Gasteiger partial charge in [0, 0.05) is 30.6 Å². The van der Waals surface area contributed by atoms with Crippen molar-refractivity contribution in [2.75, 3.05) is 19.4 Å². The van der Waals surface area contributed by atoms with Gasteiger partial charge in [0.1, 0.15) is 5.69 Å². The van der Waals surface area contributed by atoms with Crippen molar-refractivity contribution in [1.29, 1.82) is 0 Å². The highest BCUT2D eigenvalue weighted by Crippen LogP contribution is 2.36. The third-order valence-electron chi connectivity index (χ3n) is 4.55. The molecule has 0 spiro atoms. The number of carbonyl (C=O) groups is 1. The van der Waals surface area contributed by atoms with Gasteiger partial charge in [-0.25, -0.2) is 8.96 Å². The van der Waals surface area contributed by atoms with Gasteiger partial charge in [0.05, 0.1) is 21.7 Å². The summed E-state index contributed by atoms with van der Waals surface area (Å²) in [4.78, 5) is 17.1. The van der Waals surface area contributed by atoms with E-state index in [0.29, 0.717) is 32.0 Å².